The molecule has 164 valence electrons. The highest BCUT2D eigenvalue weighted by atomic mass is 16.3. The number of aliphatic hydroxyl groups excluding tert-OH is 1. The Balaban J connectivity index is -0.00000146. The van der Waals surface area contributed by atoms with Crippen LogP contribution in [0.15, 0.2) is 49.6 Å². The van der Waals surface area contributed by atoms with Gasteiger partial charge in [-0.25, -0.2) is 0 Å². The highest BCUT2D eigenvalue weighted by Gasteiger charge is 2.18. The third kappa shape index (κ3) is 16.5. The van der Waals surface area contributed by atoms with Gasteiger partial charge < -0.3 is 15.3 Å². The van der Waals surface area contributed by atoms with E-state index in [1.165, 1.54) is 0 Å². The standard InChI is InChI=1S/C19H33N3O2.2C2H6/c1-7-16(4)10-11-21(13-17(5)8-2)14-18(23)15-22(9-3)19(24)12-20-6;2*1-2/h7-8,18,20,23H,1-2,4-5,9-15H2,3,6H3;2*1-2H3. The number of amides is 1. The van der Waals surface area contributed by atoms with E-state index in [4.69, 9.17) is 0 Å². The lowest BCUT2D eigenvalue weighted by atomic mass is 10.1. The zero-order chi connectivity index (χ0) is 22.5. The van der Waals surface area contributed by atoms with Gasteiger partial charge in [-0.05, 0) is 26.0 Å². The summed E-state index contributed by atoms with van der Waals surface area (Å²) < 4.78 is 0. The van der Waals surface area contributed by atoms with E-state index in [1.807, 2.05) is 34.6 Å². The van der Waals surface area contributed by atoms with E-state index in [-0.39, 0.29) is 12.5 Å². The molecule has 0 aromatic rings. The van der Waals surface area contributed by atoms with Crippen molar-refractivity contribution in [3.8, 4) is 0 Å². The zero-order valence-corrected chi connectivity index (χ0v) is 19.3. The van der Waals surface area contributed by atoms with Crippen LogP contribution >= 0.6 is 0 Å². The van der Waals surface area contributed by atoms with E-state index in [2.05, 4.69) is 36.5 Å². The number of allylic oxidation sites excluding steroid dienone is 1. The van der Waals surface area contributed by atoms with Crippen LogP contribution < -0.4 is 5.32 Å². The summed E-state index contributed by atoms with van der Waals surface area (Å²) in [6, 6.07) is 0. The fourth-order valence-electron chi connectivity index (χ4n) is 2.27. The van der Waals surface area contributed by atoms with Crippen LogP contribution in [0.2, 0.25) is 0 Å². The van der Waals surface area contributed by atoms with Crippen LogP contribution in [0.25, 0.3) is 0 Å². The Bertz CT molecular complexity index is 447. The Morgan fingerprint density at radius 3 is 2.04 bits per heavy atom. The minimum atomic E-state index is -0.625. The minimum absolute atomic E-state index is 0.0128. The molecule has 0 aliphatic rings. The molecule has 0 aliphatic heterocycles. The normalized spacial score (nSPS) is 10.6. The van der Waals surface area contributed by atoms with Crippen LogP contribution in [0.3, 0.4) is 0 Å². The number of carbonyl (C=O) groups is 1. The van der Waals surface area contributed by atoms with Crippen molar-refractivity contribution >= 4 is 5.91 Å². The maximum Gasteiger partial charge on any atom is 0.236 e. The van der Waals surface area contributed by atoms with E-state index in [1.54, 1.807) is 24.1 Å². The monoisotopic (exact) mass is 395 g/mol. The Labute approximate surface area is 174 Å². The Kier molecular flexibility index (Phi) is 23.9. The number of nitrogens with zero attached hydrogens (tertiary/aromatic N) is 2. The van der Waals surface area contributed by atoms with Gasteiger partial charge in [0.25, 0.3) is 0 Å². The molecule has 5 heteroatoms. The number of likely N-dealkylation sites (N-methyl/N-ethyl adjacent to an activating group) is 2. The molecule has 0 saturated carbocycles. The lowest BCUT2D eigenvalue weighted by Gasteiger charge is -2.29. The largest absolute Gasteiger partial charge is 0.390 e. The summed E-state index contributed by atoms with van der Waals surface area (Å²) in [4.78, 5) is 15.7. The van der Waals surface area contributed by atoms with E-state index in [9.17, 15) is 9.90 Å². The van der Waals surface area contributed by atoms with Gasteiger partial charge in [-0.1, -0.05) is 71.7 Å². The summed E-state index contributed by atoms with van der Waals surface area (Å²) >= 11 is 0. The predicted molar refractivity (Wildman–Crippen MR) is 125 cm³/mol. The third-order valence-corrected chi connectivity index (χ3v) is 3.72. The molecule has 2 N–H and O–H groups in total. The average Bonchev–Trinajstić information content (AvgIpc) is 2.72. The van der Waals surface area contributed by atoms with Crippen molar-refractivity contribution in [3.63, 3.8) is 0 Å². The summed E-state index contributed by atoms with van der Waals surface area (Å²) in [5.74, 6) is -0.0128. The molecule has 0 bridgehead atoms. The summed E-state index contributed by atoms with van der Waals surface area (Å²) in [5.41, 5.74) is 1.85. The van der Waals surface area contributed by atoms with Crippen molar-refractivity contribution in [1.82, 2.24) is 15.1 Å². The van der Waals surface area contributed by atoms with Gasteiger partial charge in [-0.2, -0.15) is 0 Å². The molecule has 5 nitrogen and oxygen atoms in total. The zero-order valence-electron chi connectivity index (χ0n) is 19.3. The summed E-state index contributed by atoms with van der Waals surface area (Å²) in [6.45, 7) is 28.2. The molecule has 0 aromatic heterocycles. The van der Waals surface area contributed by atoms with Crippen molar-refractivity contribution in [3.05, 3.63) is 49.6 Å². The van der Waals surface area contributed by atoms with E-state index in [0.29, 0.717) is 26.2 Å². The van der Waals surface area contributed by atoms with Crippen LogP contribution in [0, 0.1) is 0 Å². The first kappa shape index (κ1) is 31.0. The fraction of sp³-hybridized carbons (Fsp3) is 0.609. The number of hydrogen-bond acceptors (Lipinski definition) is 4. The van der Waals surface area contributed by atoms with Gasteiger partial charge in [0.05, 0.1) is 12.6 Å². The van der Waals surface area contributed by atoms with Gasteiger partial charge in [0.15, 0.2) is 0 Å². The van der Waals surface area contributed by atoms with E-state index in [0.717, 1.165) is 24.1 Å². The first-order valence-electron chi connectivity index (χ1n) is 10.3. The van der Waals surface area contributed by atoms with E-state index < -0.39 is 6.10 Å². The molecular formula is C23H45N3O2. The van der Waals surface area contributed by atoms with Gasteiger partial charge in [0.2, 0.25) is 5.91 Å². The van der Waals surface area contributed by atoms with Crippen LogP contribution in [-0.2, 0) is 4.79 Å². The lowest BCUT2D eigenvalue weighted by Crippen LogP contribution is -2.45. The Hall–Kier alpha value is -1.69. The molecule has 0 aliphatic carbocycles. The maximum absolute atomic E-state index is 12.0. The summed E-state index contributed by atoms with van der Waals surface area (Å²) in [7, 11) is 1.73. The maximum atomic E-state index is 12.0. The molecule has 0 radical (unpaired) electrons. The fourth-order valence-corrected chi connectivity index (χ4v) is 2.27. The first-order valence-corrected chi connectivity index (χ1v) is 10.3. The highest BCUT2D eigenvalue weighted by Crippen LogP contribution is 2.07. The third-order valence-electron chi connectivity index (χ3n) is 3.72. The quantitative estimate of drug-likeness (QED) is 0.441. The topological polar surface area (TPSA) is 55.8 Å². The number of nitrogens with one attached hydrogen (secondary N) is 1. The van der Waals surface area contributed by atoms with Gasteiger partial charge in [0.1, 0.15) is 0 Å². The number of rotatable bonds is 14. The van der Waals surface area contributed by atoms with Crippen molar-refractivity contribution in [1.29, 1.82) is 0 Å². The molecule has 0 saturated heterocycles. The lowest BCUT2D eigenvalue weighted by molar-refractivity contribution is -0.131. The van der Waals surface area contributed by atoms with Crippen molar-refractivity contribution < 1.29 is 9.90 Å². The SMILES string of the molecule is C=CC(=C)CCN(CC(=C)C=C)CC(O)CN(CC)C(=O)CNC.CC.CC. The molecule has 1 unspecified atom stereocenters. The second kappa shape index (κ2) is 21.6. The van der Waals surface area contributed by atoms with Crippen LogP contribution in [0.1, 0.15) is 41.0 Å². The van der Waals surface area contributed by atoms with Crippen molar-refractivity contribution in [2.24, 2.45) is 0 Å². The minimum Gasteiger partial charge on any atom is -0.390 e. The summed E-state index contributed by atoms with van der Waals surface area (Å²) in [6.07, 6.45) is 3.61. The molecule has 1 amide bonds. The Morgan fingerprint density at radius 2 is 1.61 bits per heavy atom. The molecule has 28 heavy (non-hydrogen) atoms. The molecule has 0 fully saturated rings. The van der Waals surface area contributed by atoms with E-state index >= 15 is 0 Å². The molecule has 0 heterocycles. The second-order valence-electron chi connectivity index (χ2n) is 5.83. The first-order chi connectivity index (χ1) is 13.4. The van der Waals surface area contributed by atoms with Crippen LogP contribution in [-0.4, -0.2) is 73.2 Å². The second-order valence-corrected chi connectivity index (χ2v) is 5.83. The van der Waals surface area contributed by atoms with Gasteiger partial charge >= 0.3 is 0 Å². The van der Waals surface area contributed by atoms with Gasteiger partial charge in [0, 0.05) is 32.7 Å². The molecule has 0 rings (SSSR count). The number of carbonyl (C=O) groups excluding carboxylic acids is 1. The van der Waals surface area contributed by atoms with Gasteiger partial charge in [-0.15, -0.1) is 0 Å². The van der Waals surface area contributed by atoms with Gasteiger partial charge in [-0.3, -0.25) is 9.69 Å². The molecule has 0 aromatic carbocycles. The number of aliphatic hydroxyl groups is 1. The average molecular weight is 396 g/mol. The Morgan fingerprint density at radius 1 is 1.07 bits per heavy atom. The van der Waals surface area contributed by atoms with Crippen LogP contribution in [0.4, 0.5) is 0 Å². The van der Waals surface area contributed by atoms with Crippen molar-refractivity contribution in [2.75, 3.05) is 46.3 Å². The molecule has 1 atom stereocenters. The highest BCUT2D eigenvalue weighted by molar-refractivity contribution is 5.78. The van der Waals surface area contributed by atoms with Crippen LogP contribution in [0.5, 0.6) is 0 Å². The smallest absolute Gasteiger partial charge is 0.236 e. The predicted octanol–water partition coefficient (Wildman–Crippen LogP) is 3.64. The summed E-state index contributed by atoms with van der Waals surface area (Å²) in [5, 5.41) is 13.2. The number of hydrogen-bond donors (Lipinski definition) is 2. The van der Waals surface area contributed by atoms with Crippen molar-refractivity contribution in [2.45, 2.75) is 47.1 Å². The molecular weight excluding hydrogens is 350 g/mol. The molecule has 0 spiro atoms.